The van der Waals surface area contributed by atoms with Crippen molar-refractivity contribution in [3.8, 4) is 0 Å². The monoisotopic (exact) mass is 256 g/mol. The number of likely N-dealkylation sites (N-methyl/N-ethyl adjacent to an activating group) is 1. The van der Waals surface area contributed by atoms with Crippen molar-refractivity contribution in [2.75, 3.05) is 26.2 Å². The molecular formula is C14H28N2O2. The topological polar surface area (TPSA) is 32.8 Å². The summed E-state index contributed by atoms with van der Waals surface area (Å²) in [5.41, 5.74) is -0.403. The Balaban J connectivity index is 2.56. The second kappa shape index (κ2) is 6.41. The van der Waals surface area contributed by atoms with Gasteiger partial charge in [0.2, 0.25) is 0 Å². The maximum Gasteiger partial charge on any atom is 0.410 e. The third-order valence-electron chi connectivity index (χ3n) is 3.37. The van der Waals surface area contributed by atoms with Gasteiger partial charge >= 0.3 is 6.09 Å². The van der Waals surface area contributed by atoms with Gasteiger partial charge < -0.3 is 14.5 Å². The lowest BCUT2D eigenvalue weighted by atomic mass is 10.2. The highest BCUT2D eigenvalue weighted by molar-refractivity contribution is 5.69. The van der Waals surface area contributed by atoms with Crippen LogP contribution in [0.1, 0.15) is 47.5 Å². The summed E-state index contributed by atoms with van der Waals surface area (Å²) in [5.74, 6) is 0. The molecule has 0 aromatic heterocycles. The number of carbonyl (C=O) groups excluding carboxylic acids is 1. The highest BCUT2D eigenvalue weighted by Gasteiger charge is 2.32. The fourth-order valence-corrected chi connectivity index (χ4v) is 2.37. The smallest absolute Gasteiger partial charge is 0.410 e. The minimum atomic E-state index is -0.403. The number of nitrogens with zero attached hydrogens (tertiary/aromatic N) is 2. The Kier molecular flexibility index (Phi) is 5.45. The van der Waals surface area contributed by atoms with Crippen LogP contribution in [0.25, 0.3) is 0 Å². The first-order valence-electron chi connectivity index (χ1n) is 7.09. The highest BCUT2D eigenvalue weighted by atomic mass is 16.6. The zero-order chi connectivity index (χ0) is 13.8. The summed E-state index contributed by atoms with van der Waals surface area (Å²) in [7, 11) is 0. The van der Waals surface area contributed by atoms with E-state index in [1.54, 1.807) is 0 Å². The van der Waals surface area contributed by atoms with Crippen molar-refractivity contribution >= 4 is 6.09 Å². The molecule has 0 bridgehead atoms. The van der Waals surface area contributed by atoms with Crippen LogP contribution in [0.3, 0.4) is 0 Å². The Bertz CT molecular complexity index is 269. The number of carbonyl (C=O) groups is 1. The summed E-state index contributed by atoms with van der Waals surface area (Å²) in [6.07, 6.45) is 2.03. The Labute approximate surface area is 111 Å². The lowest BCUT2D eigenvalue weighted by Gasteiger charge is -2.31. The first kappa shape index (κ1) is 15.3. The van der Waals surface area contributed by atoms with E-state index >= 15 is 0 Å². The van der Waals surface area contributed by atoms with Gasteiger partial charge in [0.1, 0.15) is 5.60 Å². The van der Waals surface area contributed by atoms with Gasteiger partial charge in [0.05, 0.1) is 0 Å². The molecule has 4 nitrogen and oxygen atoms in total. The average molecular weight is 256 g/mol. The molecule has 106 valence electrons. The van der Waals surface area contributed by atoms with E-state index in [-0.39, 0.29) is 6.09 Å². The van der Waals surface area contributed by atoms with Crippen LogP contribution >= 0.6 is 0 Å². The molecule has 1 fully saturated rings. The maximum atomic E-state index is 12.1. The van der Waals surface area contributed by atoms with Crippen LogP contribution in [0.5, 0.6) is 0 Å². The van der Waals surface area contributed by atoms with Crippen molar-refractivity contribution in [1.82, 2.24) is 9.80 Å². The van der Waals surface area contributed by atoms with Crippen molar-refractivity contribution in [3.63, 3.8) is 0 Å². The molecule has 1 aliphatic heterocycles. The van der Waals surface area contributed by atoms with Gasteiger partial charge in [-0.3, -0.25) is 0 Å². The largest absolute Gasteiger partial charge is 0.444 e. The molecule has 4 heteroatoms. The number of hydrogen-bond acceptors (Lipinski definition) is 3. The molecule has 0 N–H and O–H groups in total. The van der Waals surface area contributed by atoms with Gasteiger partial charge in [-0.1, -0.05) is 13.8 Å². The lowest BCUT2D eigenvalue weighted by molar-refractivity contribution is 0.0199. The molecule has 1 rings (SSSR count). The van der Waals surface area contributed by atoms with Crippen molar-refractivity contribution in [2.45, 2.75) is 59.1 Å². The van der Waals surface area contributed by atoms with E-state index in [0.29, 0.717) is 6.04 Å². The Morgan fingerprint density at radius 1 is 1.33 bits per heavy atom. The summed E-state index contributed by atoms with van der Waals surface area (Å²) in [6, 6.07) is 0.319. The molecule has 0 radical (unpaired) electrons. The molecule has 0 aliphatic carbocycles. The van der Waals surface area contributed by atoms with Crippen LogP contribution in [-0.2, 0) is 4.74 Å². The van der Waals surface area contributed by atoms with Gasteiger partial charge in [-0.2, -0.15) is 0 Å². The van der Waals surface area contributed by atoms with Gasteiger partial charge in [0.25, 0.3) is 0 Å². The number of amides is 1. The quantitative estimate of drug-likeness (QED) is 0.775. The zero-order valence-corrected chi connectivity index (χ0v) is 12.5. The van der Waals surface area contributed by atoms with Gasteiger partial charge in [-0.05, 0) is 46.7 Å². The van der Waals surface area contributed by atoms with Gasteiger partial charge in [0, 0.05) is 19.1 Å². The van der Waals surface area contributed by atoms with Crippen LogP contribution in [0.2, 0.25) is 0 Å². The molecule has 1 saturated heterocycles. The summed E-state index contributed by atoms with van der Waals surface area (Å²) in [6.45, 7) is 13.9. The number of likely N-dealkylation sites (tertiary alicyclic amines) is 1. The van der Waals surface area contributed by atoms with Crippen molar-refractivity contribution < 1.29 is 9.53 Å². The van der Waals surface area contributed by atoms with Crippen molar-refractivity contribution in [2.24, 2.45) is 0 Å². The fourth-order valence-electron chi connectivity index (χ4n) is 2.37. The Morgan fingerprint density at radius 2 is 1.94 bits per heavy atom. The third-order valence-corrected chi connectivity index (χ3v) is 3.37. The van der Waals surface area contributed by atoms with Gasteiger partial charge in [-0.15, -0.1) is 0 Å². The molecule has 0 aromatic rings. The van der Waals surface area contributed by atoms with E-state index in [2.05, 4.69) is 18.7 Å². The van der Waals surface area contributed by atoms with E-state index in [0.717, 1.165) is 39.0 Å². The van der Waals surface area contributed by atoms with Crippen LogP contribution in [0.15, 0.2) is 0 Å². The molecular weight excluding hydrogens is 228 g/mol. The van der Waals surface area contributed by atoms with Gasteiger partial charge in [-0.25, -0.2) is 4.79 Å². The molecule has 1 heterocycles. The average Bonchev–Trinajstić information content (AvgIpc) is 2.71. The van der Waals surface area contributed by atoms with E-state index in [9.17, 15) is 4.79 Å². The Morgan fingerprint density at radius 3 is 2.44 bits per heavy atom. The molecule has 0 spiro atoms. The maximum absolute atomic E-state index is 12.1. The normalized spacial score (nSPS) is 20.6. The van der Waals surface area contributed by atoms with Gasteiger partial charge in [0.15, 0.2) is 0 Å². The molecule has 1 atom stereocenters. The van der Waals surface area contributed by atoms with Crippen LogP contribution in [0, 0.1) is 0 Å². The number of ether oxygens (including phenoxy) is 1. The minimum Gasteiger partial charge on any atom is -0.444 e. The van der Waals surface area contributed by atoms with Crippen molar-refractivity contribution in [1.29, 1.82) is 0 Å². The molecule has 1 amide bonds. The molecule has 18 heavy (non-hydrogen) atoms. The summed E-state index contributed by atoms with van der Waals surface area (Å²) in [5, 5.41) is 0. The van der Waals surface area contributed by atoms with Crippen molar-refractivity contribution in [3.05, 3.63) is 0 Å². The summed E-state index contributed by atoms with van der Waals surface area (Å²) in [4.78, 5) is 16.4. The number of rotatable bonds is 4. The molecule has 1 aliphatic rings. The molecule has 1 unspecified atom stereocenters. The summed E-state index contributed by atoms with van der Waals surface area (Å²) < 4.78 is 5.47. The van der Waals surface area contributed by atoms with E-state index in [1.165, 1.54) is 0 Å². The summed E-state index contributed by atoms with van der Waals surface area (Å²) >= 11 is 0. The lowest BCUT2D eigenvalue weighted by Crippen LogP contribution is -2.45. The van der Waals surface area contributed by atoms with E-state index < -0.39 is 5.60 Å². The third kappa shape index (κ3) is 4.48. The van der Waals surface area contributed by atoms with Crippen LogP contribution in [-0.4, -0.2) is 53.7 Å². The van der Waals surface area contributed by atoms with E-state index in [4.69, 9.17) is 4.74 Å². The predicted octanol–water partition coefficient (Wildman–Crippen LogP) is 2.73. The standard InChI is InChI=1S/C14H28N2O2/c1-6-15(7-2)11-12-9-8-10-16(12)13(17)18-14(3,4)5/h12H,6-11H2,1-5H3. The van der Waals surface area contributed by atoms with Crippen LogP contribution < -0.4 is 0 Å². The second-order valence-corrected chi connectivity index (χ2v) is 5.96. The first-order chi connectivity index (χ1) is 8.37. The predicted molar refractivity (Wildman–Crippen MR) is 73.8 cm³/mol. The zero-order valence-electron chi connectivity index (χ0n) is 12.5. The van der Waals surface area contributed by atoms with Crippen LogP contribution in [0.4, 0.5) is 4.79 Å². The van der Waals surface area contributed by atoms with E-state index in [1.807, 2.05) is 25.7 Å². The molecule has 0 aromatic carbocycles. The first-order valence-corrected chi connectivity index (χ1v) is 7.09. The fraction of sp³-hybridized carbons (Fsp3) is 0.929. The number of hydrogen-bond donors (Lipinski definition) is 0. The Hall–Kier alpha value is -0.770. The highest BCUT2D eigenvalue weighted by Crippen LogP contribution is 2.21. The second-order valence-electron chi connectivity index (χ2n) is 5.96. The SMILES string of the molecule is CCN(CC)CC1CCCN1C(=O)OC(C)(C)C. The molecule has 0 saturated carbocycles. The minimum absolute atomic E-state index is 0.155.